The molecule has 0 aromatic carbocycles. The van der Waals surface area contributed by atoms with Crippen molar-refractivity contribution in [1.82, 2.24) is 26.6 Å². The van der Waals surface area contributed by atoms with Crippen molar-refractivity contribution in [3.8, 4) is 0 Å². The summed E-state index contributed by atoms with van der Waals surface area (Å²) >= 11 is 0. The number of ether oxygens (including phenoxy) is 13. The average molecular weight is 1200 g/mol. The zero-order chi connectivity index (χ0) is 61.5. The van der Waals surface area contributed by atoms with Gasteiger partial charge in [-0.2, -0.15) is 0 Å². The Morgan fingerprint density at radius 2 is 0.607 bits per heavy atom. The number of nitrogens with zero attached hydrogens (tertiary/aromatic N) is 3. The lowest BCUT2D eigenvalue weighted by Crippen LogP contribution is -2.45. The van der Waals surface area contributed by atoms with E-state index in [1.807, 2.05) is 0 Å². The molecular weight excluding hydrogens is 1120 g/mol. The summed E-state index contributed by atoms with van der Waals surface area (Å²) in [5.41, 5.74) is 8.74. The molecule has 6 aliphatic heterocycles. The summed E-state index contributed by atoms with van der Waals surface area (Å²) in [4.78, 5) is 154. The van der Waals surface area contributed by atoms with Gasteiger partial charge in [0.2, 0.25) is 29.5 Å². The van der Waals surface area contributed by atoms with Gasteiger partial charge < -0.3 is 88.2 Å². The lowest BCUT2D eigenvalue weighted by molar-refractivity contribution is -0.160. The standard InChI is InChI=1S/C51H72N8O25/c1-21(2)72-51(71)39-14-33(78-27(8)65)44(84-39)19-57-49(69)37-12-31(76-25(6)63)42(82-37)17-55-47(67)35-10-29(74-23(4)61)40(80-35)15-53-46(66)34-9-28(73-22(3)60)41(79-34)16-54-48(68)36-11-30(75-24(5)62)43(81-36)18-56-50(70)38-13-32(77-26(7)64)45(83-38)20-58-59-52/h21,28-45H,9-20H2,1-8H3,(H,53,66)(H,54,68)(H,55,67)(H,56,70)(H,57,69)/t28-,29-,30-,31-,32-,33-,34+,35+,36+,37+,38+,39+,40+,41+,42+,43+,44+,45+/m0/s1. The topological polar surface area (TPSA) is 434 Å². The van der Waals surface area contributed by atoms with Gasteiger partial charge in [0.25, 0.3) is 0 Å². The summed E-state index contributed by atoms with van der Waals surface area (Å²) in [6.45, 7) is 8.73. The molecule has 6 heterocycles. The minimum atomic E-state index is -1.25. The van der Waals surface area contributed by atoms with Crippen molar-refractivity contribution in [1.29, 1.82) is 0 Å². The molecule has 0 spiro atoms. The van der Waals surface area contributed by atoms with Crippen LogP contribution in [0.25, 0.3) is 10.4 Å². The van der Waals surface area contributed by atoms with E-state index in [9.17, 15) is 57.5 Å². The molecule has 6 rings (SSSR count). The highest BCUT2D eigenvalue weighted by molar-refractivity contribution is 5.84. The maximum absolute atomic E-state index is 13.6. The molecule has 0 aromatic rings. The molecule has 6 aliphatic rings. The molecule has 0 radical (unpaired) electrons. The van der Waals surface area contributed by atoms with E-state index >= 15 is 0 Å². The van der Waals surface area contributed by atoms with Gasteiger partial charge in [-0.1, -0.05) is 5.11 Å². The Balaban J connectivity index is 0.981. The molecule has 18 atom stereocenters. The second-order valence-electron chi connectivity index (χ2n) is 20.9. The van der Waals surface area contributed by atoms with Gasteiger partial charge in [0.05, 0.1) is 12.6 Å². The fourth-order valence-electron chi connectivity index (χ4n) is 10.4. The summed E-state index contributed by atoms with van der Waals surface area (Å²) in [5.74, 6) is -8.14. The number of rotatable bonds is 25. The van der Waals surface area contributed by atoms with Gasteiger partial charge in [-0.3, -0.25) is 52.7 Å². The van der Waals surface area contributed by atoms with Gasteiger partial charge in [0.15, 0.2) is 6.10 Å². The Morgan fingerprint density at radius 3 is 0.833 bits per heavy atom. The van der Waals surface area contributed by atoms with Crippen molar-refractivity contribution in [3.05, 3.63) is 10.4 Å². The predicted octanol–water partition coefficient (Wildman–Crippen LogP) is -2.64. The second kappa shape index (κ2) is 30.5. The van der Waals surface area contributed by atoms with Crippen molar-refractivity contribution in [2.45, 2.75) is 210 Å². The van der Waals surface area contributed by atoms with Crippen LogP contribution in [0, 0.1) is 0 Å². The van der Waals surface area contributed by atoms with E-state index < -0.39 is 187 Å². The van der Waals surface area contributed by atoms with E-state index in [1.54, 1.807) is 13.8 Å². The number of hydrogen-bond acceptors (Lipinski definition) is 26. The first-order valence-electron chi connectivity index (χ1n) is 27.3. The smallest absolute Gasteiger partial charge is 0.335 e. The highest BCUT2D eigenvalue weighted by Gasteiger charge is 2.49. The van der Waals surface area contributed by atoms with E-state index in [4.69, 9.17) is 67.1 Å². The van der Waals surface area contributed by atoms with Crippen LogP contribution in [0.15, 0.2) is 5.11 Å². The third-order valence-corrected chi connectivity index (χ3v) is 13.9. The summed E-state index contributed by atoms with van der Waals surface area (Å²) in [7, 11) is 0. The lowest BCUT2D eigenvalue weighted by Gasteiger charge is -2.21. The number of amides is 5. The van der Waals surface area contributed by atoms with E-state index in [1.165, 1.54) is 13.8 Å². The van der Waals surface area contributed by atoms with Crippen LogP contribution in [0.2, 0.25) is 0 Å². The maximum Gasteiger partial charge on any atom is 0.335 e. The Labute approximate surface area is 480 Å². The summed E-state index contributed by atoms with van der Waals surface area (Å²) in [6, 6.07) is 0. The van der Waals surface area contributed by atoms with Crippen molar-refractivity contribution in [3.63, 3.8) is 0 Å². The number of azide groups is 1. The maximum atomic E-state index is 13.6. The lowest BCUT2D eigenvalue weighted by atomic mass is 10.1. The van der Waals surface area contributed by atoms with Crippen LogP contribution >= 0.6 is 0 Å². The normalized spacial score (nSPS) is 32.2. The molecule has 33 heteroatoms. The zero-order valence-electron chi connectivity index (χ0n) is 47.5. The van der Waals surface area contributed by atoms with Crippen LogP contribution in [-0.2, 0) is 119 Å². The highest BCUT2D eigenvalue weighted by Crippen LogP contribution is 2.31. The molecule has 466 valence electrons. The third kappa shape index (κ3) is 19.1. The summed E-state index contributed by atoms with van der Waals surface area (Å²) in [5, 5.41) is 16.7. The number of nitrogens with one attached hydrogen (secondary N) is 5. The van der Waals surface area contributed by atoms with Crippen molar-refractivity contribution >= 4 is 71.3 Å². The molecule has 0 saturated carbocycles. The Hall–Kier alpha value is -7.29. The molecule has 6 fully saturated rings. The first-order chi connectivity index (χ1) is 39.8. The Kier molecular flexibility index (Phi) is 23.9. The highest BCUT2D eigenvalue weighted by atomic mass is 16.6. The zero-order valence-corrected chi connectivity index (χ0v) is 47.5. The minimum Gasteiger partial charge on any atom is -0.461 e. The molecule has 0 aromatic heterocycles. The minimum absolute atomic E-state index is 0.00287. The summed E-state index contributed by atoms with van der Waals surface area (Å²) in [6.07, 6.45) is -19.9. The van der Waals surface area contributed by atoms with E-state index in [0.29, 0.717) is 0 Å². The van der Waals surface area contributed by atoms with Crippen LogP contribution in [0.5, 0.6) is 0 Å². The number of esters is 7. The van der Waals surface area contributed by atoms with Gasteiger partial charge in [-0.15, -0.1) is 0 Å². The molecule has 5 amide bonds. The SMILES string of the molecule is CC(=O)O[C@H]1C[C@H](C(=O)NC[C@H]2O[C@@H](C(=O)NC[C@H]3O[C@@H](C(=O)NC[C@H]4O[C@@H](C(=O)NC[C@H]5O[C@@H](C(=O)NC[C@H]6O[C@@H](C(=O)OC(C)C)C[C@@H]6OC(C)=O)C[C@@H]5OC(C)=O)C[C@@H]4OC(C)=O)C[C@@H]3OC(C)=O)C[C@@H]2OC(C)=O)O[C@@H]1CN=[N+]=[N-]. The molecule has 84 heavy (non-hydrogen) atoms. The fourth-order valence-corrected chi connectivity index (χ4v) is 10.4. The van der Waals surface area contributed by atoms with E-state index in [0.717, 1.165) is 27.7 Å². The third-order valence-electron chi connectivity index (χ3n) is 13.9. The molecule has 0 bridgehead atoms. The molecule has 0 aliphatic carbocycles. The predicted molar refractivity (Wildman–Crippen MR) is 273 cm³/mol. The quantitative estimate of drug-likeness (QED) is 0.0205. The second-order valence-corrected chi connectivity index (χ2v) is 20.9. The van der Waals surface area contributed by atoms with Gasteiger partial charge in [-0.25, -0.2) is 4.79 Å². The van der Waals surface area contributed by atoms with Crippen LogP contribution in [-0.4, -0.2) is 227 Å². The van der Waals surface area contributed by atoms with Crippen LogP contribution < -0.4 is 26.6 Å². The van der Waals surface area contributed by atoms with Gasteiger partial charge in [0, 0.05) is 118 Å². The van der Waals surface area contributed by atoms with Gasteiger partial charge >= 0.3 is 41.8 Å². The fraction of sp³-hybridized carbons (Fsp3) is 0.765. The van der Waals surface area contributed by atoms with Crippen molar-refractivity contribution < 1.29 is 119 Å². The first-order valence-corrected chi connectivity index (χ1v) is 27.3. The molecular formula is C51H72N8O25. The van der Waals surface area contributed by atoms with E-state index in [2.05, 4.69) is 36.6 Å². The van der Waals surface area contributed by atoms with Crippen molar-refractivity contribution in [2.24, 2.45) is 5.11 Å². The molecule has 0 unspecified atom stereocenters. The number of hydrogen-bond donors (Lipinski definition) is 5. The van der Waals surface area contributed by atoms with Crippen LogP contribution in [0.1, 0.15) is 93.9 Å². The molecule has 33 nitrogen and oxygen atoms in total. The number of carbonyl (C=O) groups is 12. The first kappa shape index (κ1) is 65.9. The van der Waals surface area contributed by atoms with Crippen LogP contribution in [0.4, 0.5) is 0 Å². The largest absolute Gasteiger partial charge is 0.461 e. The van der Waals surface area contributed by atoms with Crippen LogP contribution in [0.3, 0.4) is 0 Å². The average Bonchev–Trinajstić information content (AvgIpc) is 4.15. The van der Waals surface area contributed by atoms with E-state index in [-0.39, 0.29) is 77.8 Å². The van der Waals surface area contributed by atoms with Gasteiger partial charge in [0.1, 0.15) is 104 Å². The van der Waals surface area contributed by atoms with Gasteiger partial charge in [-0.05, 0) is 19.4 Å². The summed E-state index contributed by atoms with van der Waals surface area (Å²) < 4.78 is 72.8. The molecule has 5 N–H and O–H groups in total. The Bertz CT molecular complexity index is 2500. The Morgan fingerprint density at radius 1 is 0.393 bits per heavy atom. The van der Waals surface area contributed by atoms with Crippen molar-refractivity contribution in [2.75, 3.05) is 39.3 Å². The monoisotopic (exact) mass is 1200 g/mol. The molecule has 6 saturated heterocycles. The number of carbonyl (C=O) groups excluding carboxylic acids is 12.